The number of carbonyl (C=O) groups excluding carboxylic acids is 1. The summed E-state index contributed by atoms with van der Waals surface area (Å²) in [4.78, 5) is 11.8. The van der Waals surface area contributed by atoms with Gasteiger partial charge < -0.3 is 15.7 Å². The zero-order valence-corrected chi connectivity index (χ0v) is 10.3. The molecular weight excluding hydrogens is 254 g/mol. The molecule has 1 aliphatic rings. The Morgan fingerprint density at radius 2 is 2.21 bits per heavy atom. The second-order valence-electron chi connectivity index (χ2n) is 4.59. The van der Waals surface area contributed by atoms with E-state index in [9.17, 15) is 13.6 Å². The summed E-state index contributed by atoms with van der Waals surface area (Å²) < 4.78 is 24.2. The van der Waals surface area contributed by atoms with Crippen molar-refractivity contribution in [1.82, 2.24) is 5.32 Å². The topological polar surface area (TPSA) is 61.4 Å². The van der Waals surface area contributed by atoms with Crippen molar-refractivity contribution in [2.75, 3.05) is 18.4 Å². The van der Waals surface area contributed by atoms with Crippen LogP contribution in [0.25, 0.3) is 0 Å². The van der Waals surface area contributed by atoms with Crippen LogP contribution in [0.3, 0.4) is 0 Å². The fourth-order valence-electron chi connectivity index (χ4n) is 2.07. The van der Waals surface area contributed by atoms with Gasteiger partial charge >= 0.3 is 0 Å². The molecule has 1 amide bonds. The van der Waals surface area contributed by atoms with Crippen LogP contribution in [-0.4, -0.2) is 36.6 Å². The zero-order valence-electron chi connectivity index (χ0n) is 10.3. The predicted molar refractivity (Wildman–Crippen MR) is 67.1 cm³/mol. The number of rotatable bonds is 4. The Hall–Kier alpha value is -1.69. The molecule has 1 aromatic carbocycles. The Morgan fingerprint density at radius 3 is 2.95 bits per heavy atom. The average molecular weight is 270 g/mol. The van der Waals surface area contributed by atoms with Gasteiger partial charge in [0.2, 0.25) is 5.91 Å². The standard InChI is InChI=1S/C13H16F2N2O2/c14-12(15)11(18)7-17-13(19)9-5-8-3-1-2-4-10(8)16-6-9/h1-4,9,11-12,16,18H,5-7H2,(H,17,19). The van der Waals surface area contributed by atoms with Gasteiger partial charge in [0.25, 0.3) is 6.43 Å². The minimum absolute atomic E-state index is 0.306. The quantitative estimate of drug-likeness (QED) is 0.765. The Morgan fingerprint density at radius 1 is 1.47 bits per heavy atom. The molecule has 19 heavy (non-hydrogen) atoms. The number of carbonyl (C=O) groups is 1. The maximum absolute atomic E-state index is 12.1. The molecule has 4 nitrogen and oxygen atoms in total. The van der Waals surface area contributed by atoms with Crippen molar-refractivity contribution in [3.63, 3.8) is 0 Å². The molecule has 1 aromatic rings. The average Bonchev–Trinajstić information content (AvgIpc) is 2.43. The molecule has 3 N–H and O–H groups in total. The molecule has 0 aromatic heterocycles. The van der Waals surface area contributed by atoms with Crippen LogP contribution in [0.15, 0.2) is 24.3 Å². The third-order valence-electron chi connectivity index (χ3n) is 3.17. The van der Waals surface area contributed by atoms with Crippen LogP contribution in [-0.2, 0) is 11.2 Å². The molecule has 2 rings (SSSR count). The number of hydrogen-bond acceptors (Lipinski definition) is 3. The van der Waals surface area contributed by atoms with Crippen LogP contribution in [0, 0.1) is 5.92 Å². The largest absolute Gasteiger partial charge is 0.385 e. The lowest BCUT2D eigenvalue weighted by Crippen LogP contribution is -2.42. The van der Waals surface area contributed by atoms with Crippen molar-refractivity contribution < 1.29 is 18.7 Å². The third kappa shape index (κ3) is 3.41. The van der Waals surface area contributed by atoms with Crippen LogP contribution >= 0.6 is 0 Å². The lowest BCUT2D eigenvalue weighted by Gasteiger charge is -2.25. The molecule has 2 atom stereocenters. The number of nitrogens with one attached hydrogen (secondary N) is 2. The normalized spacial score (nSPS) is 19.5. The summed E-state index contributed by atoms with van der Waals surface area (Å²) in [5.41, 5.74) is 2.03. The van der Waals surface area contributed by atoms with Gasteiger partial charge in [0.1, 0.15) is 6.10 Å². The summed E-state index contributed by atoms with van der Waals surface area (Å²) in [5.74, 6) is -0.624. The first-order chi connectivity index (χ1) is 9.08. The van der Waals surface area contributed by atoms with E-state index >= 15 is 0 Å². The number of fused-ring (bicyclic) bond motifs is 1. The highest BCUT2D eigenvalue weighted by Crippen LogP contribution is 2.24. The van der Waals surface area contributed by atoms with Crippen molar-refractivity contribution >= 4 is 11.6 Å². The third-order valence-corrected chi connectivity index (χ3v) is 3.17. The molecule has 104 valence electrons. The summed E-state index contributed by atoms with van der Waals surface area (Å²) >= 11 is 0. The fraction of sp³-hybridized carbons (Fsp3) is 0.462. The van der Waals surface area contributed by atoms with E-state index in [2.05, 4.69) is 10.6 Å². The molecule has 0 spiro atoms. The second-order valence-corrected chi connectivity index (χ2v) is 4.59. The Bertz CT molecular complexity index is 454. The van der Waals surface area contributed by atoms with Crippen molar-refractivity contribution in [3.05, 3.63) is 29.8 Å². The van der Waals surface area contributed by atoms with Crippen molar-refractivity contribution in [2.45, 2.75) is 19.0 Å². The Labute approximate surface area is 109 Å². The van der Waals surface area contributed by atoms with E-state index in [1.165, 1.54) is 0 Å². The van der Waals surface area contributed by atoms with E-state index in [0.29, 0.717) is 13.0 Å². The van der Waals surface area contributed by atoms with Crippen molar-refractivity contribution in [3.8, 4) is 0 Å². The highest BCUT2D eigenvalue weighted by Gasteiger charge is 2.25. The Balaban J connectivity index is 1.89. The van der Waals surface area contributed by atoms with Gasteiger partial charge in [0.05, 0.1) is 5.92 Å². The maximum Gasteiger partial charge on any atom is 0.265 e. The van der Waals surface area contributed by atoms with E-state index < -0.39 is 19.1 Å². The first-order valence-electron chi connectivity index (χ1n) is 6.13. The van der Waals surface area contributed by atoms with Gasteiger partial charge in [-0.05, 0) is 18.1 Å². The molecule has 0 radical (unpaired) electrons. The molecule has 1 heterocycles. The van der Waals surface area contributed by atoms with E-state index in [1.54, 1.807) is 0 Å². The summed E-state index contributed by atoms with van der Waals surface area (Å²) in [6, 6.07) is 7.66. The molecule has 0 saturated heterocycles. The maximum atomic E-state index is 12.1. The Kier molecular flexibility index (Phi) is 4.31. The summed E-state index contributed by atoms with van der Waals surface area (Å²) in [6.07, 6.45) is -4.09. The van der Waals surface area contributed by atoms with Gasteiger partial charge in [-0.2, -0.15) is 0 Å². The molecule has 1 aliphatic heterocycles. The van der Waals surface area contributed by atoms with Crippen LogP contribution in [0.4, 0.5) is 14.5 Å². The van der Waals surface area contributed by atoms with Crippen molar-refractivity contribution in [2.24, 2.45) is 5.92 Å². The first kappa shape index (κ1) is 13.7. The highest BCUT2D eigenvalue weighted by molar-refractivity contribution is 5.80. The van der Waals surface area contributed by atoms with E-state index in [-0.39, 0.29) is 11.8 Å². The van der Waals surface area contributed by atoms with Gasteiger partial charge in [0.15, 0.2) is 0 Å². The predicted octanol–water partition coefficient (Wildman–Crippen LogP) is 1.01. The SMILES string of the molecule is O=C(NCC(O)C(F)F)C1CNc2ccccc2C1. The summed E-state index contributed by atoms with van der Waals surface area (Å²) in [7, 11) is 0. The van der Waals surface area contributed by atoms with Gasteiger partial charge in [-0.25, -0.2) is 8.78 Å². The number of halogens is 2. The van der Waals surface area contributed by atoms with Gasteiger partial charge in [-0.3, -0.25) is 4.79 Å². The highest BCUT2D eigenvalue weighted by atomic mass is 19.3. The molecule has 2 unspecified atom stereocenters. The number of anilines is 1. The summed E-state index contributed by atoms with van der Waals surface area (Å²) in [6.45, 7) is 0.0439. The summed E-state index contributed by atoms with van der Waals surface area (Å²) in [5, 5.41) is 14.4. The molecule has 6 heteroatoms. The molecule has 0 bridgehead atoms. The lowest BCUT2D eigenvalue weighted by molar-refractivity contribution is -0.125. The number of aliphatic hydroxyl groups is 1. The zero-order chi connectivity index (χ0) is 13.8. The molecular formula is C13H16F2N2O2. The smallest absolute Gasteiger partial charge is 0.265 e. The number of aliphatic hydroxyl groups excluding tert-OH is 1. The van der Waals surface area contributed by atoms with E-state index in [1.807, 2.05) is 24.3 Å². The lowest BCUT2D eigenvalue weighted by atomic mass is 9.93. The monoisotopic (exact) mass is 270 g/mol. The molecule has 0 fully saturated rings. The van der Waals surface area contributed by atoms with E-state index in [4.69, 9.17) is 5.11 Å². The molecule has 0 saturated carbocycles. The number of hydrogen-bond donors (Lipinski definition) is 3. The minimum atomic E-state index is -2.84. The number of amides is 1. The number of para-hydroxylation sites is 1. The van der Waals surface area contributed by atoms with Crippen molar-refractivity contribution in [1.29, 1.82) is 0 Å². The van der Waals surface area contributed by atoms with Crippen LogP contribution in [0.1, 0.15) is 5.56 Å². The minimum Gasteiger partial charge on any atom is -0.385 e. The fourth-order valence-corrected chi connectivity index (χ4v) is 2.07. The second kappa shape index (κ2) is 5.97. The number of alkyl halides is 2. The van der Waals surface area contributed by atoms with Gasteiger partial charge in [-0.1, -0.05) is 18.2 Å². The van der Waals surface area contributed by atoms with Crippen LogP contribution in [0.5, 0.6) is 0 Å². The number of benzene rings is 1. The first-order valence-corrected chi connectivity index (χ1v) is 6.13. The van der Waals surface area contributed by atoms with E-state index in [0.717, 1.165) is 11.3 Å². The van der Waals surface area contributed by atoms with Gasteiger partial charge in [-0.15, -0.1) is 0 Å². The van der Waals surface area contributed by atoms with Crippen LogP contribution in [0.2, 0.25) is 0 Å². The van der Waals surface area contributed by atoms with Gasteiger partial charge in [0, 0.05) is 18.8 Å². The molecule has 0 aliphatic carbocycles. The van der Waals surface area contributed by atoms with Crippen LogP contribution < -0.4 is 10.6 Å².